The van der Waals surface area contributed by atoms with E-state index in [4.69, 9.17) is 4.74 Å². The number of rotatable bonds is 1. The molecule has 1 N–H and O–H groups in total. The lowest BCUT2D eigenvalue weighted by Crippen LogP contribution is -2.44. The molecule has 0 aliphatic carbocycles. The van der Waals surface area contributed by atoms with E-state index in [1.165, 1.54) is 6.07 Å². The lowest BCUT2D eigenvalue weighted by Gasteiger charge is -2.35. The number of halogens is 1. The molecule has 1 aliphatic heterocycles. The third-order valence-electron chi connectivity index (χ3n) is 3.53. The van der Waals surface area contributed by atoms with E-state index in [0.717, 1.165) is 0 Å². The summed E-state index contributed by atoms with van der Waals surface area (Å²) in [6, 6.07) is 6.35. The molecule has 2 nitrogen and oxygen atoms in total. The van der Waals surface area contributed by atoms with Crippen LogP contribution in [0.25, 0.3) is 0 Å². The first-order valence-corrected chi connectivity index (χ1v) is 5.86. The molecule has 1 heterocycles. The van der Waals surface area contributed by atoms with Gasteiger partial charge in [-0.2, -0.15) is 0 Å². The summed E-state index contributed by atoms with van der Waals surface area (Å²) in [7, 11) is 0. The molecular weight excluding hydrogens is 219 g/mol. The highest BCUT2D eigenvalue weighted by molar-refractivity contribution is 5.30. The van der Waals surface area contributed by atoms with Crippen LogP contribution in [-0.4, -0.2) is 16.3 Å². The summed E-state index contributed by atoms with van der Waals surface area (Å²) in [5.41, 5.74) is -2.24. The molecule has 1 aromatic carbocycles. The van der Waals surface area contributed by atoms with Gasteiger partial charge in [0.2, 0.25) is 0 Å². The Bertz CT molecular complexity index is 440. The average molecular weight is 238 g/mol. The van der Waals surface area contributed by atoms with Crippen molar-refractivity contribution < 1.29 is 14.2 Å². The van der Waals surface area contributed by atoms with E-state index in [9.17, 15) is 9.50 Å². The average Bonchev–Trinajstić information content (AvgIpc) is 2.31. The molecule has 0 spiro atoms. The maximum Gasteiger partial charge on any atom is 0.129 e. The van der Waals surface area contributed by atoms with Gasteiger partial charge >= 0.3 is 0 Å². The minimum Gasteiger partial charge on any atom is -0.382 e. The molecule has 1 unspecified atom stereocenters. The summed E-state index contributed by atoms with van der Waals surface area (Å²) in [6.45, 7) is 7.42. The molecule has 0 bridgehead atoms. The Kier molecular flexibility index (Phi) is 2.60. The lowest BCUT2D eigenvalue weighted by molar-refractivity contribution is -0.130. The molecule has 1 aromatic rings. The van der Waals surface area contributed by atoms with Crippen molar-refractivity contribution >= 4 is 0 Å². The van der Waals surface area contributed by atoms with Crippen molar-refractivity contribution in [3.8, 4) is 0 Å². The topological polar surface area (TPSA) is 29.5 Å². The Morgan fingerprint density at radius 3 is 2.24 bits per heavy atom. The molecule has 94 valence electrons. The summed E-state index contributed by atoms with van der Waals surface area (Å²) in [4.78, 5) is 0. The summed E-state index contributed by atoms with van der Waals surface area (Å²) in [5, 5.41) is 10.8. The van der Waals surface area contributed by atoms with Crippen LogP contribution in [0.15, 0.2) is 24.3 Å². The van der Waals surface area contributed by atoms with Crippen LogP contribution in [0, 0.1) is 5.82 Å². The monoisotopic (exact) mass is 238 g/mol. The molecule has 1 aliphatic rings. The summed E-state index contributed by atoms with van der Waals surface area (Å²) >= 11 is 0. The zero-order valence-electron chi connectivity index (χ0n) is 10.7. The Labute approximate surface area is 101 Å². The van der Waals surface area contributed by atoms with Crippen LogP contribution >= 0.6 is 0 Å². The molecule has 0 radical (unpaired) electrons. The maximum absolute atomic E-state index is 13.9. The van der Waals surface area contributed by atoms with Gasteiger partial charge in [-0.05, 0) is 33.8 Å². The predicted molar refractivity (Wildman–Crippen MR) is 64.2 cm³/mol. The van der Waals surface area contributed by atoms with Crippen molar-refractivity contribution in [3.05, 3.63) is 35.6 Å². The van der Waals surface area contributed by atoms with Crippen molar-refractivity contribution in [1.29, 1.82) is 0 Å². The van der Waals surface area contributed by atoms with Crippen LogP contribution in [0.5, 0.6) is 0 Å². The van der Waals surface area contributed by atoms with Crippen LogP contribution in [0.1, 0.15) is 39.7 Å². The van der Waals surface area contributed by atoms with Crippen molar-refractivity contribution in [3.63, 3.8) is 0 Å². The van der Waals surface area contributed by atoms with Gasteiger partial charge in [-0.15, -0.1) is 0 Å². The first-order chi connectivity index (χ1) is 7.68. The Morgan fingerprint density at radius 2 is 1.76 bits per heavy atom. The lowest BCUT2D eigenvalue weighted by atomic mass is 9.77. The molecular formula is C14H19FO2. The van der Waals surface area contributed by atoms with Crippen molar-refractivity contribution in [1.82, 2.24) is 0 Å². The fourth-order valence-corrected chi connectivity index (χ4v) is 2.86. The summed E-state index contributed by atoms with van der Waals surface area (Å²) in [5.74, 6) is -0.385. The molecule has 1 fully saturated rings. The van der Waals surface area contributed by atoms with Gasteiger partial charge in [0.25, 0.3) is 0 Å². The SMILES string of the molecule is CC1(C)CC(O)(c2ccccc2F)C(C)(C)O1. The highest BCUT2D eigenvalue weighted by atomic mass is 19.1. The molecule has 1 saturated heterocycles. The zero-order chi connectivity index (χ0) is 12.9. The van der Waals surface area contributed by atoms with Gasteiger partial charge in [0, 0.05) is 12.0 Å². The molecule has 1 atom stereocenters. The Morgan fingerprint density at radius 1 is 1.18 bits per heavy atom. The quantitative estimate of drug-likeness (QED) is 0.815. The molecule has 0 amide bonds. The van der Waals surface area contributed by atoms with Crippen LogP contribution in [-0.2, 0) is 10.3 Å². The first kappa shape index (κ1) is 12.5. The second-order valence-corrected chi connectivity index (χ2v) is 5.89. The van der Waals surface area contributed by atoms with Crippen molar-refractivity contribution in [2.75, 3.05) is 0 Å². The van der Waals surface area contributed by atoms with Crippen LogP contribution < -0.4 is 0 Å². The van der Waals surface area contributed by atoms with Crippen LogP contribution in [0.3, 0.4) is 0 Å². The molecule has 3 heteroatoms. The van der Waals surface area contributed by atoms with Gasteiger partial charge in [0.1, 0.15) is 11.4 Å². The molecule has 2 rings (SSSR count). The van der Waals surface area contributed by atoms with E-state index in [1.54, 1.807) is 32.0 Å². The third-order valence-corrected chi connectivity index (χ3v) is 3.53. The minimum absolute atomic E-state index is 0.315. The van der Waals surface area contributed by atoms with Gasteiger partial charge in [-0.3, -0.25) is 0 Å². The summed E-state index contributed by atoms with van der Waals surface area (Å²) in [6.07, 6.45) is 0.383. The fraction of sp³-hybridized carbons (Fsp3) is 0.571. The van der Waals surface area contributed by atoms with Crippen LogP contribution in [0.2, 0.25) is 0 Å². The number of hydrogen-bond donors (Lipinski definition) is 1. The van der Waals surface area contributed by atoms with E-state index in [0.29, 0.717) is 12.0 Å². The summed E-state index contributed by atoms with van der Waals surface area (Å²) < 4.78 is 19.7. The van der Waals surface area contributed by atoms with Gasteiger partial charge < -0.3 is 9.84 Å². The van der Waals surface area contributed by atoms with Crippen molar-refractivity contribution in [2.45, 2.75) is 50.9 Å². The van der Waals surface area contributed by atoms with E-state index in [1.807, 2.05) is 13.8 Å². The second-order valence-electron chi connectivity index (χ2n) is 5.89. The van der Waals surface area contributed by atoms with Gasteiger partial charge in [-0.1, -0.05) is 18.2 Å². The fourth-order valence-electron chi connectivity index (χ4n) is 2.86. The molecule has 0 aromatic heterocycles. The number of ether oxygens (including phenoxy) is 1. The standard InChI is InChI=1S/C14H19FO2/c1-12(2)9-14(16,13(3,4)17-12)10-7-5-6-8-11(10)15/h5-8,16H,9H2,1-4H3. The van der Waals surface area contributed by atoms with Gasteiger partial charge in [-0.25, -0.2) is 4.39 Å². The number of aliphatic hydroxyl groups is 1. The zero-order valence-corrected chi connectivity index (χ0v) is 10.7. The van der Waals surface area contributed by atoms with Crippen LogP contribution in [0.4, 0.5) is 4.39 Å². The number of benzene rings is 1. The highest BCUT2D eigenvalue weighted by Crippen LogP contribution is 2.51. The predicted octanol–water partition coefficient (Wildman–Crippen LogP) is 2.99. The second kappa shape index (κ2) is 3.53. The number of hydrogen-bond acceptors (Lipinski definition) is 2. The van der Waals surface area contributed by atoms with Gasteiger partial charge in [0.05, 0.1) is 11.2 Å². The normalized spacial score (nSPS) is 30.5. The van der Waals surface area contributed by atoms with E-state index in [-0.39, 0.29) is 5.82 Å². The maximum atomic E-state index is 13.9. The van der Waals surface area contributed by atoms with E-state index < -0.39 is 16.8 Å². The van der Waals surface area contributed by atoms with Crippen molar-refractivity contribution in [2.24, 2.45) is 0 Å². The van der Waals surface area contributed by atoms with Gasteiger partial charge in [0.15, 0.2) is 0 Å². The first-order valence-electron chi connectivity index (χ1n) is 5.86. The van der Waals surface area contributed by atoms with E-state index >= 15 is 0 Å². The van der Waals surface area contributed by atoms with E-state index in [2.05, 4.69) is 0 Å². The highest BCUT2D eigenvalue weighted by Gasteiger charge is 2.58. The smallest absolute Gasteiger partial charge is 0.129 e. The Hall–Kier alpha value is -0.930. The molecule has 17 heavy (non-hydrogen) atoms. The Balaban J connectivity index is 2.54. The largest absolute Gasteiger partial charge is 0.382 e. The molecule has 0 saturated carbocycles. The third kappa shape index (κ3) is 1.87. The minimum atomic E-state index is -1.29.